The van der Waals surface area contributed by atoms with Crippen molar-refractivity contribution in [3.63, 3.8) is 0 Å². The highest BCUT2D eigenvalue weighted by atomic mass is 16.7. The largest absolute Gasteiger partial charge is 0.300 e. The van der Waals surface area contributed by atoms with Gasteiger partial charge in [0.1, 0.15) is 0 Å². The number of amides is 2. The van der Waals surface area contributed by atoms with Gasteiger partial charge in [0.2, 0.25) is 0 Å². The Kier molecular flexibility index (Phi) is 3.84. The number of fused-ring (bicyclic) bond motifs is 1. The lowest BCUT2D eigenvalue weighted by molar-refractivity contribution is -0.194. The van der Waals surface area contributed by atoms with Crippen molar-refractivity contribution in [2.75, 3.05) is 19.7 Å². The number of nitrogens with zero attached hydrogens (tertiary/aromatic N) is 2. The van der Waals surface area contributed by atoms with Crippen LogP contribution in [-0.4, -0.2) is 47.5 Å². The van der Waals surface area contributed by atoms with Crippen molar-refractivity contribution in [2.45, 2.75) is 51.0 Å². The topological polar surface area (TPSA) is 49.9 Å². The van der Waals surface area contributed by atoms with Gasteiger partial charge in [0.05, 0.1) is 6.61 Å². The number of hydroxylamine groups is 2. The van der Waals surface area contributed by atoms with Gasteiger partial charge in [-0.05, 0) is 38.8 Å². The summed E-state index contributed by atoms with van der Waals surface area (Å²) in [6.45, 7) is 2.91. The third kappa shape index (κ3) is 2.67. The molecule has 2 atom stereocenters. The first-order chi connectivity index (χ1) is 9.25. The van der Waals surface area contributed by atoms with Crippen molar-refractivity contribution in [2.24, 2.45) is 5.92 Å². The molecule has 3 saturated heterocycles. The normalized spacial score (nSPS) is 32.7. The first-order valence-corrected chi connectivity index (χ1v) is 7.48. The zero-order valence-corrected chi connectivity index (χ0v) is 11.3. The smallest absolute Gasteiger partial charge is 0.253 e. The molecule has 0 N–H and O–H groups in total. The van der Waals surface area contributed by atoms with Crippen LogP contribution in [0.1, 0.15) is 44.9 Å². The molecule has 0 bridgehead atoms. The van der Waals surface area contributed by atoms with E-state index in [0.29, 0.717) is 31.4 Å². The van der Waals surface area contributed by atoms with E-state index < -0.39 is 0 Å². The van der Waals surface area contributed by atoms with Gasteiger partial charge in [0, 0.05) is 24.8 Å². The first kappa shape index (κ1) is 13.1. The highest BCUT2D eigenvalue weighted by Crippen LogP contribution is 2.31. The summed E-state index contributed by atoms with van der Waals surface area (Å²) in [5.74, 6) is 0.109. The van der Waals surface area contributed by atoms with Crippen molar-refractivity contribution in [1.82, 2.24) is 9.96 Å². The van der Waals surface area contributed by atoms with Gasteiger partial charge in [-0.1, -0.05) is 6.42 Å². The number of hydrogen-bond donors (Lipinski definition) is 0. The minimum absolute atomic E-state index is 0.179. The molecule has 0 unspecified atom stereocenters. The molecule has 0 radical (unpaired) electrons. The molecule has 3 aliphatic rings. The van der Waals surface area contributed by atoms with E-state index in [1.54, 1.807) is 0 Å². The Morgan fingerprint density at radius 2 is 1.74 bits per heavy atom. The Morgan fingerprint density at radius 3 is 2.53 bits per heavy atom. The monoisotopic (exact) mass is 266 g/mol. The highest BCUT2D eigenvalue weighted by molar-refractivity contribution is 6.00. The van der Waals surface area contributed by atoms with Crippen molar-refractivity contribution >= 4 is 11.8 Å². The van der Waals surface area contributed by atoms with E-state index >= 15 is 0 Å². The van der Waals surface area contributed by atoms with E-state index in [4.69, 9.17) is 4.84 Å². The Balaban J connectivity index is 1.56. The summed E-state index contributed by atoms with van der Waals surface area (Å²) in [6, 6.07) is 0.593. The molecule has 0 aromatic rings. The van der Waals surface area contributed by atoms with Crippen LogP contribution in [0.25, 0.3) is 0 Å². The van der Waals surface area contributed by atoms with Crippen LogP contribution in [0.15, 0.2) is 0 Å². The van der Waals surface area contributed by atoms with E-state index in [9.17, 15) is 9.59 Å². The predicted molar refractivity (Wildman–Crippen MR) is 69.0 cm³/mol. The fraction of sp³-hybridized carbons (Fsp3) is 0.857. The maximum Gasteiger partial charge on any atom is 0.253 e. The molecule has 5 heteroatoms. The summed E-state index contributed by atoms with van der Waals surface area (Å²) in [5, 5.41) is 1.00. The van der Waals surface area contributed by atoms with Crippen LogP contribution in [0.4, 0.5) is 0 Å². The summed E-state index contributed by atoms with van der Waals surface area (Å²) in [6.07, 6.45) is 6.78. The molecule has 3 fully saturated rings. The third-order valence-electron chi connectivity index (χ3n) is 4.65. The van der Waals surface area contributed by atoms with E-state index in [2.05, 4.69) is 4.90 Å². The molecule has 3 heterocycles. The average molecular weight is 266 g/mol. The summed E-state index contributed by atoms with van der Waals surface area (Å²) in [7, 11) is 0. The maximum atomic E-state index is 11.5. The molecule has 106 valence electrons. The zero-order chi connectivity index (χ0) is 13.2. The van der Waals surface area contributed by atoms with Crippen molar-refractivity contribution in [1.29, 1.82) is 0 Å². The van der Waals surface area contributed by atoms with Crippen molar-refractivity contribution < 1.29 is 14.4 Å². The van der Waals surface area contributed by atoms with Crippen LogP contribution in [0.5, 0.6) is 0 Å². The minimum Gasteiger partial charge on any atom is -0.300 e. The second-order valence-corrected chi connectivity index (χ2v) is 5.88. The molecule has 0 saturated carbocycles. The van der Waals surface area contributed by atoms with Gasteiger partial charge in [-0.3, -0.25) is 14.4 Å². The molecule has 0 aliphatic carbocycles. The van der Waals surface area contributed by atoms with Gasteiger partial charge in [-0.15, -0.1) is 0 Å². The number of carbonyl (C=O) groups excluding carboxylic acids is 2. The number of hydrogen-bond acceptors (Lipinski definition) is 4. The van der Waals surface area contributed by atoms with Gasteiger partial charge < -0.3 is 4.90 Å². The number of carbonyl (C=O) groups is 2. The lowest BCUT2D eigenvalue weighted by Gasteiger charge is -2.44. The summed E-state index contributed by atoms with van der Waals surface area (Å²) in [4.78, 5) is 31.1. The molecule has 19 heavy (non-hydrogen) atoms. The first-order valence-electron chi connectivity index (χ1n) is 7.48. The fourth-order valence-corrected chi connectivity index (χ4v) is 3.64. The second kappa shape index (κ2) is 5.59. The van der Waals surface area contributed by atoms with Gasteiger partial charge in [0.15, 0.2) is 0 Å². The Hall–Kier alpha value is -0.940. The zero-order valence-electron chi connectivity index (χ0n) is 11.3. The van der Waals surface area contributed by atoms with Crippen LogP contribution in [0.3, 0.4) is 0 Å². The van der Waals surface area contributed by atoms with E-state index in [0.717, 1.165) is 11.5 Å². The third-order valence-corrected chi connectivity index (χ3v) is 4.65. The summed E-state index contributed by atoms with van der Waals surface area (Å²) < 4.78 is 0. The molecular formula is C14H22N2O3. The van der Waals surface area contributed by atoms with E-state index in [-0.39, 0.29) is 11.8 Å². The van der Waals surface area contributed by atoms with E-state index in [1.807, 2.05) is 0 Å². The quantitative estimate of drug-likeness (QED) is 0.723. The molecule has 3 aliphatic heterocycles. The number of imide groups is 1. The molecular weight excluding hydrogens is 244 g/mol. The van der Waals surface area contributed by atoms with Crippen molar-refractivity contribution in [3.8, 4) is 0 Å². The van der Waals surface area contributed by atoms with Gasteiger partial charge in [-0.25, -0.2) is 0 Å². The highest BCUT2D eigenvalue weighted by Gasteiger charge is 2.36. The molecule has 5 nitrogen and oxygen atoms in total. The van der Waals surface area contributed by atoms with Gasteiger partial charge in [-0.2, -0.15) is 5.06 Å². The number of rotatable bonds is 3. The van der Waals surface area contributed by atoms with Crippen LogP contribution in [0, 0.1) is 5.92 Å². The predicted octanol–water partition coefficient (Wildman–Crippen LogP) is 1.33. The number of piperidine rings is 2. The van der Waals surface area contributed by atoms with Crippen LogP contribution >= 0.6 is 0 Å². The standard InChI is InChI=1S/C14H22N2O3/c17-13-6-7-14(18)16(13)19-10-11-4-3-9-15-8-2-1-5-12(11)15/h11-12H,1-10H2/t11-,12+/m1/s1. The molecule has 3 rings (SSSR count). The van der Waals surface area contributed by atoms with Gasteiger partial charge >= 0.3 is 0 Å². The lowest BCUT2D eigenvalue weighted by atomic mass is 9.84. The lowest BCUT2D eigenvalue weighted by Crippen LogP contribution is -2.49. The Morgan fingerprint density at radius 1 is 1.00 bits per heavy atom. The Bertz CT molecular complexity index is 354. The fourth-order valence-electron chi connectivity index (χ4n) is 3.64. The summed E-state index contributed by atoms with van der Waals surface area (Å²) >= 11 is 0. The SMILES string of the molecule is O=C1CCC(=O)N1OC[C@H]1CCCN2CCCC[C@@H]12. The Labute approximate surface area is 113 Å². The average Bonchev–Trinajstić information content (AvgIpc) is 2.76. The van der Waals surface area contributed by atoms with Crippen LogP contribution in [-0.2, 0) is 14.4 Å². The molecule has 0 aromatic heterocycles. The molecule has 2 amide bonds. The van der Waals surface area contributed by atoms with Crippen molar-refractivity contribution in [3.05, 3.63) is 0 Å². The minimum atomic E-state index is -0.179. The summed E-state index contributed by atoms with van der Waals surface area (Å²) in [5.41, 5.74) is 0. The molecule has 0 spiro atoms. The van der Waals surface area contributed by atoms with Gasteiger partial charge in [0.25, 0.3) is 11.8 Å². The van der Waals surface area contributed by atoms with Crippen LogP contribution < -0.4 is 0 Å². The van der Waals surface area contributed by atoms with Crippen LogP contribution in [0.2, 0.25) is 0 Å². The second-order valence-electron chi connectivity index (χ2n) is 5.88. The van der Waals surface area contributed by atoms with E-state index in [1.165, 1.54) is 38.8 Å². The molecule has 0 aromatic carbocycles. The maximum absolute atomic E-state index is 11.5.